The summed E-state index contributed by atoms with van der Waals surface area (Å²) in [5, 5.41) is 12.6. The molecule has 0 aliphatic carbocycles. The quantitative estimate of drug-likeness (QED) is 0.905. The van der Waals surface area contributed by atoms with Crippen molar-refractivity contribution >= 4 is 21.9 Å². The molecule has 0 spiro atoms. The zero-order chi connectivity index (χ0) is 14.1. The van der Waals surface area contributed by atoms with E-state index in [1.165, 1.54) is 6.07 Å². The number of halogens is 1. The number of hydrogen-bond donors (Lipinski definition) is 1. The fourth-order valence-corrected chi connectivity index (χ4v) is 2.55. The third kappa shape index (κ3) is 2.24. The lowest BCUT2D eigenvalue weighted by atomic mass is 10.1. The van der Waals surface area contributed by atoms with E-state index >= 15 is 0 Å². The van der Waals surface area contributed by atoms with Crippen LogP contribution in [-0.2, 0) is 0 Å². The van der Waals surface area contributed by atoms with Gasteiger partial charge in [0.05, 0.1) is 17.7 Å². The second-order valence-corrected chi connectivity index (χ2v) is 4.98. The largest absolute Gasteiger partial charge is 0.490 e. The van der Waals surface area contributed by atoms with Gasteiger partial charge in [0.25, 0.3) is 0 Å². The van der Waals surface area contributed by atoms with Crippen LogP contribution in [-0.4, -0.2) is 29.4 Å². The number of fused-ring (bicyclic) bond motifs is 1. The van der Waals surface area contributed by atoms with Crippen LogP contribution in [0.2, 0.25) is 0 Å². The Bertz CT molecular complexity index is 667. The number of carboxylic acids is 1. The number of aromatic nitrogens is 1. The molecule has 0 radical (unpaired) electrons. The van der Waals surface area contributed by atoms with Crippen LogP contribution in [0.4, 0.5) is 0 Å². The topological polar surface area (TPSA) is 81.8 Å². The lowest BCUT2D eigenvalue weighted by Crippen LogP contribution is -1.97. The third-order valence-corrected chi connectivity index (χ3v) is 3.64. The van der Waals surface area contributed by atoms with E-state index in [1.54, 1.807) is 12.1 Å². The average molecular weight is 340 g/mol. The number of carboxylic acid groups (broad SMARTS) is 1. The van der Waals surface area contributed by atoms with Crippen molar-refractivity contribution in [2.45, 2.75) is 6.42 Å². The van der Waals surface area contributed by atoms with Gasteiger partial charge < -0.3 is 19.1 Å². The number of nitrogens with zero attached hydrogens (tertiary/aromatic N) is 1. The first-order valence-electron chi connectivity index (χ1n) is 5.95. The SMILES string of the molecule is O=C(O)c1cc(-c2ccc3c(c2Br)OCCCO3)no1. The Labute approximate surface area is 122 Å². The molecule has 1 aliphatic heterocycles. The Morgan fingerprint density at radius 3 is 2.85 bits per heavy atom. The molecule has 1 aromatic carbocycles. The Morgan fingerprint density at radius 2 is 2.10 bits per heavy atom. The highest BCUT2D eigenvalue weighted by atomic mass is 79.9. The molecule has 0 fully saturated rings. The maximum absolute atomic E-state index is 10.8. The van der Waals surface area contributed by atoms with Crippen LogP contribution in [0.1, 0.15) is 17.0 Å². The Morgan fingerprint density at radius 1 is 1.30 bits per heavy atom. The summed E-state index contributed by atoms with van der Waals surface area (Å²) < 4.78 is 16.7. The van der Waals surface area contributed by atoms with Crippen LogP contribution in [0.5, 0.6) is 11.5 Å². The molecule has 1 N–H and O–H groups in total. The second-order valence-electron chi connectivity index (χ2n) is 4.19. The third-order valence-electron chi connectivity index (χ3n) is 2.85. The molecule has 0 amide bonds. The van der Waals surface area contributed by atoms with Crippen molar-refractivity contribution in [1.29, 1.82) is 0 Å². The van der Waals surface area contributed by atoms with E-state index < -0.39 is 5.97 Å². The Kier molecular flexibility index (Phi) is 3.35. The molecule has 3 rings (SSSR count). The molecule has 104 valence electrons. The van der Waals surface area contributed by atoms with Gasteiger partial charge in [-0.1, -0.05) is 5.16 Å². The fourth-order valence-electron chi connectivity index (χ4n) is 1.90. The summed E-state index contributed by atoms with van der Waals surface area (Å²) in [5.74, 6) is -0.117. The van der Waals surface area contributed by atoms with Gasteiger partial charge in [0, 0.05) is 18.1 Å². The predicted molar refractivity (Wildman–Crippen MR) is 72.2 cm³/mol. The minimum absolute atomic E-state index is 0.209. The van der Waals surface area contributed by atoms with E-state index in [2.05, 4.69) is 21.1 Å². The van der Waals surface area contributed by atoms with Crippen molar-refractivity contribution in [1.82, 2.24) is 5.16 Å². The van der Waals surface area contributed by atoms with Gasteiger partial charge >= 0.3 is 5.97 Å². The number of carbonyl (C=O) groups is 1. The molecule has 6 nitrogen and oxygen atoms in total. The summed E-state index contributed by atoms with van der Waals surface area (Å²) in [6.07, 6.45) is 0.809. The molecular formula is C13H10BrNO5. The number of ether oxygens (including phenoxy) is 2. The van der Waals surface area contributed by atoms with Gasteiger partial charge in [-0.25, -0.2) is 4.79 Å². The van der Waals surface area contributed by atoms with Crippen LogP contribution >= 0.6 is 15.9 Å². The number of rotatable bonds is 2. The van der Waals surface area contributed by atoms with Gasteiger partial charge in [0.1, 0.15) is 5.69 Å². The van der Waals surface area contributed by atoms with Gasteiger partial charge in [-0.15, -0.1) is 0 Å². The molecule has 20 heavy (non-hydrogen) atoms. The highest BCUT2D eigenvalue weighted by molar-refractivity contribution is 9.10. The van der Waals surface area contributed by atoms with Crippen molar-refractivity contribution in [3.05, 3.63) is 28.4 Å². The molecule has 7 heteroatoms. The second kappa shape index (κ2) is 5.16. The van der Waals surface area contributed by atoms with Crippen LogP contribution in [0.25, 0.3) is 11.3 Å². The van der Waals surface area contributed by atoms with Crippen molar-refractivity contribution in [2.24, 2.45) is 0 Å². The van der Waals surface area contributed by atoms with E-state index in [0.717, 1.165) is 6.42 Å². The highest BCUT2D eigenvalue weighted by Gasteiger charge is 2.20. The lowest BCUT2D eigenvalue weighted by molar-refractivity contribution is 0.0652. The first-order chi connectivity index (χ1) is 9.66. The lowest BCUT2D eigenvalue weighted by Gasteiger charge is -2.11. The smallest absolute Gasteiger partial charge is 0.374 e. The van der Waals surface area contributed by atoms with E-state index in [4.69, 9.17) is 19.1 Å². The monoisotopic (exact) mass is 339 g/mol. The maximum atomic E-state index is 10.8. The predicted octanol–water partition coefficient (Wildman–Crippen LogP) is 2.96. The summed E-state index contributed by atoms with van der Waals surface area (Å²) in [4.78, 5) is 10.8. The van der Waals surface area contributed by atoms with Gasteiger partial charge in [-0.2, -0.15) is 0 Å². The van der Waals surface area contributed by atoms with Gasteiger partial charge in [-0.3, -0.25) is 0 Å². The maximum Gasteiger partial charge on any atom is 0.374 e. The molecule has 0 saturated heterocycles. The van der Waals surface area contributed by atoms with E-state index in [9.17, 15) is 4.79 Å². The normalized spacial score (nSPS) is 13.8. The highest BCUT2D eigenvalue weighted by Crippen LogP contribution is 2.42. The summed E-state index contributed by atoms with van der Waals surface area (Å²) in [7, 11) is 0. The van der Waals surface area contributed by atoms with Crippen LogP contribution in [0.15, 0.2) is 27.2 Å². The molecule has 1 aromatic heterocycles. The molecule has 0 saturated carbocycles. The molecular weight excluding hydrogens is 330 g/mol. The summed E-state index contributed by atoms with van der Waals surface area (Å²) >= 11 is 3.45. The van der Waals surface area contributed by atoms with Gasteiger partial charge in [0.2, 0.25) is 5.76 Å². The van der Waals surface area contributed by atoms with Crippen LogP contribution in [0.3, 0.4) is 0 Å². The zero-order valence-corrected chi connectivity index (χ0v) is 11.8. The molecule has 0 bridgehead atoms. The van der Waals surface area contributed by atoms with E-state index in [-0.39, 0.29) is 5.76 Å². The summed E-state index contributed by atoms with van der Waals surface area (Å²) in [6, 6.07) is 4.92. The standard InChI is InChI=1S/C13H10BrNO5/c14-11-7(8-6-10(13(16)17)20-15-8)2-3-9-12(11)19-5-1-4-18-9/h2-3,6H,1,4-5H2,(H,16,17). The minimum Gasteiger partial charge on any atom is -0.490 e. The van der Waals surface area contributed by atoms with Crippen molar-refractivity contribution < 1.29 is 23.9 Å². The number of aromatic carboxylic acids is 1. The first-order valence-corrected chi connectivity index (χ1v) is 6.74. The zero-order valence-electron chi connectivity index (χ0n) is 10.3. The summed E-state index contributed by atoms with van der Waals surface area (Å²) in [5.41, 5.74) is 1.11. The molecule has 1 aliphatic rings. The van der Waals surface area contributed by atoms with Crippen molar-refractivity contribution in [2.75, 3.05) is 13.2 Å². The fraction of sp³-hybridized carbons (Fsp3) is 0.231. The van der Waals surface area contributed by atoms with E-state index in [1.807, 2.05) is 0 Å². The number of hydrogen-bond acceptors (Lipinski definition) is 5. The van der Waals surface area contributed by atoms with Crippen LogP contribution in [0, 0.1) is 0 Å². The molecule has 0 atom stereocenters. The van der Waals surface area contributed by atoms with Crippen molar-refractivity contribution in [3.63, 3.8) is 0 Å². The molecule has 2 heterocycles. The minimum atomic E-state index is -1.16. The average Bonchev–Trinajstić information content (AvgIpc) is 2.78. The first kappa shape index (κ1) is 13.0. The Hall–Kier alpha value is -2.02. The van der Waals surface area contributed by atoms with Gasteiger partial charge in [0.15, 0.2) is 11.5 Å². The van der Waals surface area contributed by atoms with Crippen molar-refractivity contribution in [3.8, 4) is 22.8 Å². The number of benzene rings is 1. The van der Waals surface area contributed by atoms with E-state index in [0.29, 0.717) is 40.4 Å². The summed E-state index contributed by atoms with van der Waals surface area (Å²) in [6.45, 7) is 1.17. The Balaban J connectivity index is 2.05. The van der Waals surface area contributed by atoms with Crippen LogP contribution < -0.4 is 9.47 Å². The molecule has 0 unspecified atom stereocenters. The molecule has 2 aromatic rings. The van der Waals surface area contributed by atoms with Gasteiger partial charge in [-0.05, 0) is 28.1 Å².